The minimum atomic E-state index is 0.000236. The minimum absolute atomic E-state index is 0.000236. The van der Waals surface area contributed by atoms with E-state index in [0.717, 1.165) is 0 Å². The van der Waals surface area contributed by atoms with Crippen LogP contribution < -0.4 is 5.73 Å². The van der Waals surface area contributed by atoms with E-state index in [1.165, 1.54) is 12.5 Å². The molecule has 0 saturated heterocycles. The molecule has 3 heterocycles. The molecule has 0 atom stereocenters. The summed E-state index contributed by atoms with van der Waals surface area (Å²) in [4.78, 5) is 20.1. The first-order valence-corrected chi connectivity index (χ1v) is 5.11. The van der Waals surface area contributed by atoms with E-state index in [1.54, 1.807) is 0 Å². The zero-order valence-corrected chi connectivity index (χ0v) is 9.36. The standard InChI is InChI=1S/C11H4N8/c12-1-5-3-15-8-6(2-13)7-10(17-4-16-7)19-11(8)18-9(5)14/h3-4H,(H2,14,16,17,18,19). The van der Waals surface area contributed by atoms with E-state index in [4.69, 9.17) is 11.0 Å². The number of fused-ring (bicyclic) bond motifs is 2. The summed E-state index contributed by atoms with van der Waals surface area (Å²) in [5.74, 6) is 0.000236. The van der Waals surface area contributed by atoms with Crippen LogP contribution in [-0.2, 0) is 0 Å². The van der Waals surface area contributed by atoms with Crippen LogP contribution in [0.3, 0.4) is 0 Å². The van der Waals surface area contributed by atoms with Gasteiger partial charge in [-0.25, -0.2) is 24.9 Å². The number of imidazole rings is 1. The molecular weight excluding hydrogens is 244 g/mol. The predicted octanol–water partition coefficient (Wildman–Crippen LogP) is 0.294. The Balaban J connectivity index is 2.59. The highest BCUT2D eigenvalue weighted by Gasteiger charge is 2.14. The fourth-order valence-electron chi connectivity index (χ4n) is 1.66. The fraction of sp³-hybridized carbons (Fsp3) is 0. The van der Waals surface area contributed by atoms with E-state index >= 15 is 0 Å². The molecule has 19 heavy (non-hydrogen) atoms. The van der Waals surface area contributed by atoms with Gasteiger partial charge in [-0.15, -0.1) is 0 Å². The van der Waals surface area contributed by atoms with Crippen molar-refractivity contribution in [3.05, 3.63) is 23.7 Å². The summed E-state index contributed by atoms with van der Waals surface area (Å²) in [5, 5.41) is 18.1. The third kappa shape index (κ3) is 1.48. The van der Waals surface area contributed by atoms with Crippen molar-refractivity contribution in [3.63, 3.8) is 0 Å². The molecule has 0 amide bonds. The second kappa shape index (κ2) is 3.82. The third-order valence-corrected chi connectivity index (χ3v) is 2.53. The zero-order chi connectivity index (χ0) is 13.4. The van der Waals surface area contributed by atoms with E-state index < -0.39 is 0 Å². The maximum atomic E-state index is 9.22. The summed E-state index contributed by atoms with van der Waals surface area (Å²) in [5.41, 5.74) is 7.03. The normalized spacial score (nSPS) is 10.2. The summed E-state index contributed by atoms with van der Waals surface area (Å²) in [7, 11) is 0. The topological polar surface area (TPSA) is 138 Å². The maximum Gasteiger partial charge on any atom is 0.183 e. The van der Waals surface area contributed by atoms with Crippen LogP contribution >= 0.6 is 0 Å². The van der Waals surface area contributed by atoms with Gasteiger partial charge >= 0.3 is 0 Å². The summed E-state index contributed by atoms with van der Waals surface area (Å²) in [6, 6.07) is 3.87. The van der Waals surface area contributed by atoms with Crippen molar-refractivity contribution in [2.75, 3.05) is 5.73 Å². The number of aromatic nitrogens is 5. The Morgan fingerprint density at radius 1 is 0.947 bits per heavy atom. The van der Waals surface area contributed by atoms with Gasteiger partial charge in [-0.05, 0) is 0 Å². The van der Waals surface area contributed by atoms with Crippen LogP contribution in [-0.4, -0.2) is 24.9 Å². The minimum Gasteiger partial charge on any atom is -0.382 e. The Morgan fingerprint density at radius 3 is 2.47 bits per heavy atom. The van der Waals surface area contributed by atoms with Gasteiger partial charge in [0.05, 0.1) is 0 Å². The molecular formula is C11H4N8. The Hall–Kier alpha value is -3.39. The highest BCUT2D eigenvalue weighted by molar-refractivity contribution is 5.93. The lowest BCUT2D eigenvalue weighted by atomic mass is 10.2. The van der Waals surface area contributed by atoms with Gasteiger partial charge in [0.15, 0.2) is 11.3 Å². The molecule has 8 heteroatoms. The number of anilines is 1. The molecule has 8 nitrogen and oxygen atoms in total. The number of pyridine rings is 1. The van der Waals surface area contributed by atoms with E-state index in [1.807, 2.05) is 12.1 Å². The lowest BCUT2D eigenvalue weighted by molar-refractivity contribution is 1.29. The summed E-state index contributed by atoms with van der Waals surface area (Å²) in [6.07, 6.45) is 2.57. The average molecular weight is 248 g/mol. The first kappa shape index (κ1) is 10.7. The molecule has 0 fully saturated rings. The largest absolute Gasteiger partial charge is 0.382 e. The van der Waals surface area contributed by atoms with Crippen LogP contribution in [0.2, 0.25) is 0 Å². The lowest BCUT2D eigenvalue weighted by Crippen LogP contribution is -1.93. The SMILES string of the molecule is N#Cc1cnc2c(C#N)c3ncnc3nc2nc1N. The van der Waals surface area contributed by atoms with E-state index in [-0.39, 0.29) is 28.1 Å². The molecule has 2 N–H and O–H groups in total. The van der Waals surface area contributed by atoms with Crippen molar-refractivity contribution in [3.8, 4) is 12.1 Å². The van der Waals surface area contributed by atoms with Crippen LogP contribution in [0, 0.1) is 22.7 Å². The number of rotatable bonds is 0. The maximum absolute atomic E-state index is 9.22. The number of nitrogen functional groups attached to an aromatic ring is 1. The molecule has 0 unspecified atom stereocenters. The first-order chi connectivity index (χ1) is 9.24. The Morgan fingerprint density at radius 2 is 1.74 bits per heavy atom. The fourth-order valence-corrected chi connectivity index (χ4v) is 1.66. The molecule has 0 spiro atoms. The summed E-state index contributed by atoms with van der Waals surface area (Å²) < 4.78 is 0. The Labute approximate surface area is 106 Å². The van der Waals surface area contributed by atoms with Gasteiger partial charge in [0, 0.05) is 6.20 Å². The van der Waals surface area contributed by atoms with Gasteiger partial charge in [-0.3, -0.25) is 0 Å². The predicted molar refractivity (Wildman–Crippen MR) is 64.3 cm³/mol. The molecule has 3 aromatic rings. The van der Waals surface area contributed by atoms with Crippen molar-refractivity contribution in [2.45, 2.75) is 0 Å². The van der Waals surface area contributed by atoms with Crippen molar-refractivity contribution in [1.29, 1.82) is 10.5 Å². The van der Waals surface area contributed by atoms with Crippen LogP contribution in [0.25, 0.3) is 22.3 Å². The number of hydrogen-bond acceptors (Lipinski definition) is 8. The summed E-state index contributed by atoms with van der Waals surface area (Å²) in [6.45, 7) is 0. The van der Waals surface area contributed by atoms with Gasteiger partial charge in [0.1, 0.15) is 46.4 Å². The van der Waals surface area contributed by atoms with E-state index in [9.17, 15) is 5.26 Å². The van der Waals surface area contributed by atoms with Gasteiger partial charge in [0.2, 0.25) is 0 Å². The van der Waals surface area contributed by atoms with Crippen molar-refractivity contribution in [1.82, 2.24) is 24.9 Å². The first-order valence-electron chi connectivity index (χ1n) is 5.11. The molecule has 0 saturated carbocycles. The van der Waals surface area contributed by atoms with Crippen LogP contribution in [0.1, 0.15) is 11.1 Å². The van der Waals surface area contributed by atoms with Crippen LogP contribution in [0.4, 0.5) is 5.82 Å². The zero-order valence-electron chi connectivity index (χ0n) is 9.36. The smallest absolute Gasteiger partial charge is 0.183 e. The highest BCUT2D eigenvalue weighted by Crippen LogP contribution is 2.20. The number of nitrogens with zero attached hydrogens (tertiary/aromatic N) is 7. The monoisotopic (exact) mass is 248 g/mol. The highest BCUT2D eigenvalue weighted by atomic mass is 15.0. The van der Waals surface area contributed by atoms with Crippen LogP contribution in [0.5, 0.6) is 0 Å². The third-order valence-electron chi connectivity index (χ3n) is 2.53. The molecule has 3 rings (SSSR count). The molecule has 0 radical (unpaired) electrons. The molecule has 0 aliphatic carbocycles. The van der Waals surface area contributed by atoms with Crippen molar-refractivity contribution >= 4 is 28.1 Å². The second-order valence-corrected chi connectivity index (χ2v) is 3.60. The molecule has 0 bridgehead atoms. The molecule has 88 valence electrons. The molecule has 0 aliphatic heterocycles. The van der Waals surface area contributed by atoms with Crippen molar-refractivity contribution in [2.24, 2.45) is 0 Å². The van der Waals surface area contributed by atoms with Gasteiger partial charge in [-0.1, -0.05) is 0 Å². The Bertz CT molecular complexity index is 902. The van der Waals surface area contributed by atoms with Gasteiger partial charge in [-0.2, -0.15) is 10.5 Å². The molecule has 3 aromatic heterocycles. The van der Waals surface area contributed by atoms with E-state index in [0.29, 0.717) is 11.2 Å². The lowest BCUT2D eigenvalue weighted by Gasteiger charge is -1.94. The molecule has 0 aliphatic rings. The quantitative estimate of drug-likeness (QED) is 0.599. The second-order valence-electron chi connectivity index (χ2n) is 3.60. The number of nitriles is 2. The number of hydrogen-bond donors (Lipinski definition) is 1. The average Bonchev–Trinajstić information content (AvgIpc) is 2.80. The Kier molecular flexibility index (Phi) is 2.16. The van der Waals surface area contributed by atoms with Gasteiger partial charge in [0.25, 0.3) is 0 Å². The van der Waals surface area contributed by atoms with Crippen molar-refractivity contribution < 1.29 is 0 Å². The van der Waals surface area contributed by atoms with E-state index in [2.05, 4.69) is 24.9 Å². The number of nitrogens with two attached hydrogens (primary N) is 1. The van der Waals surface area contributed by atoms with Gasteiger partial charge < -0.3 is 5.73 Å². The van der Waals surface area contributed by atoms with Crippen LogP contribution in [0.15, 0.2) is 12.5 Å². The molecule has 0 aromatic carbocycles. The summed E-state index contributed by atoms with van der Waals surface area (Å²) >= 11 is 0.